The maximum absolute atomic E-state index is 12.1. The third kappa shape index (κ3) is 5.66. The van der Waals surface area contributed by atoms with Gasteiger partial charge in [0.15, 0.2) is 5.11 Å². The lowest BCUT2D eigenvalue weighted by atomic mass is 9.96. The summed E-state index contributed by atoms with van der Waals surface area (Å²) in [5.74, 6) is -0.278. The highest BCUT2D eigenvalue weighted by atomic mass is 35.5. The van der Waals surface area contributed by atoms with Crippen molar-refractivity contribution in [2.24, 2.45) is 0 Å². The van der Waals surface area contributed by atoms with Crippen molar-refractivity contribution in [3.05, 3.63) is 101 Å². The van der Waals surface area contributed by atoms with E-state index < -0.39 is 0 Å². The largest absolute Gasteiger partial charge is 0.378 e. The highest BCUT2D eigenvalue weighted by molar-refractivity contribution is 7.80. The minimum atomic E-state index is -0.278. The van der Waals surface area contributed by atoms with Gasteiger partial charge in [-0.2, -0.15) is 0 Å². The van der Waals surface area contributed by atoms with Crippen LogP contribution >= 0.6 is 23.8 Å². The van der Waals surface area contributed by atoms with Crippen LogP contribution < -0.4 is 20.4 Å². The third-order valence-corrected chi connectivity index (χ3v) is 7.92. The summed E-state index contributed by atoms with van der Waals surface area (Å²) in [6.07, 6.45) is 1.80. The molecule has 1 aliphatic rings. The molecule has 41 heavy (non-hydrogen) atoms. The van der Waals surface area contributed by atoms with Gasteiger partial charge >= 0.3 is 0 Å². The number of amides is 1. The van der Waals surface area contributed by atoms with E-state index in [1.54, 1.807) is 12.3 Å². The number of pyridine rings is 1. The van der Waals surface area contributed by atoms with Crippen LogP contribution in [0, 0.1) is 13.8 Å². The van der Waals surface area contributed by atoms with Crippen LogP contribution in [0.3, 0.4) is 0 Å². The van der Waals surface area contributed by atoms with E-state index >= 15 is 0 Å². The van der Waals surface area contributed by atoms with Crippen molar-refractivity contribution < 1.29 is 9.53 Å². The van der Waals surface area contributed by atoms with E-state index in [1.807, 2.05) is 44.4 Å². The zero-order valence-electron chi connectivity index (χ0n) is 23.7. The molecule has 2 aromatic carbocycles. The third-order valence-electron chi connectivity index (χ3n) is 7.29. The Morgan fingerprint density at radius 3 is 2.46 bits per heavy atom. The van der Waals surface area contributed by atoms with Gasteiger partial charge in [0.1, 0.15) is 6.61 Å². The Kier molecular flexibility index (Phi) is 8.30. The first-order valence-corrected chi connectivity index (χ1v) is 14.0. The second kappa shape index (κ2) is 11.9. The number of aromatic nitrogens is 2. The number of hydrogen-bond acceptors (Lipinski definition) is 5. The summed E-state index contributed by atoms with van der Waals surface area (Å²) < 4.78 is 7.19. The first-order valence-electron chi connectivity index (χ1n) is 13.2. The van der Waals surface area contributed by atoms with E-state index in [0.29, 0.717) is 15.8 Å². The number of carbonyl (C=O) groups is 1. The summed E-state index contributed by atoms with van der Waals surface area (Å²) in [6.45, 7) is 4.20. The number of nitrogens with one attached hydrogen (secondary N) is 2. The van der Waals surface area contributed by atoms with Crippen LogP contribution in [-0.2, 0) is 9.53 Å². The lowest BCUT2D eigenvalue weighted by Gasteiger charge is -2.28. The summed E-state index contributed by atoms with van der Waals surface area (Å²) >= 11 is 12.6. The molecular weight excluding hydrogens is 556 g/mol. The molecule has 3 heterocycles. The molecule has 0 radical (unpaired) electrons. The highest BCUT2D eigenvalue weighted by Gasteiger charge is 2.42. The molecule has 4 aromatic rings. The summed E-state index contributed by atoms with van der Waals surface area (Å²) in [6, 6.07) is 21.8. The molecule has 1 saturated heterocycles. The van der Waals surface area contributed by atoms with Crippen LogP contribution in [0.1, 0.15) is 34.7 Å². The Balaban J connectivity index is 1.59. The number of nitrogens with zero attached hydrogens (tertiary/aromatic N) is 4. The van der Waals surface area contributed by atoms with Crippen molar-refractivity contribution >= 4 is 51.9 Å². The lowest BCUT2D eigenvalue weighted by Crippen LogP contribution is -2.29. The van der Waals surface area contributed by atoms with Crippen molar-refractivity contribution in [1.82, 2.24) is 14.9 Å². The zero-order chi connectivity index (χ0) is 29.3. The van der Waals surface area contributed by atoms with E-state index in [1.165, 1.54) is 7.11 Å². The minimum absolute atomic E-state index is 0.0560. The summed E-state index contributed by atoms with van der Waals surface area (Å²) in [5.41, 5.74) is 7.77. The summed E-state index contributed by atoms with van der Waals surface area (Å²) in [5, 5.41) is 7.28. The maximum Gasteiger partial charge on any atom is 0.250 e. The molecule has 0 saturated carbocycles. The molecule has 2 atom stereocenters. The first-order chi connectivity index (χ1) is 19.7. The van der Waals surface area contributed by atoms with Crippen molar-refractivity contribution in [3.8, 4) is 5.69 Å². The number of aryl methyl sites for hydroxylation is 1. The van der Waals surface area contributed by atoms with E-state index in [0.717, 1.165) is 39.7 Å². The Bertz CT molecular complexity index is 1570. The number of ether oxygens (including phenoxy) is 1. The predicted molar refractivity (Wildman–Crippen MR) is 169 cm³/mol. The van der Waals surface area contributed by atoms with E-state index in [4.69, 9.17) is 28.6 Å². The number of carbonyl (C=O) groups excluding carboxylic acids is 1. The van der Waals surface area contributed by atoms with E-state index in [9.17, 15) is 4.79 Å². The average molecular weight is 589 g/mol. The van der Waals surface area contributed by atoms with Gasteiger partial charge in [0, 0.05) is 55.9 Å². The molecule has 1 fully saturated rings. The maximum atomic E-state index is 12.1. The molecule has 10 heteroatoms. The second-order valence-corrected chi connectivity index (χ2v) is 11.0. The molecular formula is C31H33ClN6O2S. The number of benzene rings is 2. The molecule has 5 rings (SSSR count). The number of halogens is 1. The van der Waals surface area contributed by atoms with Crippen LogP contribution in [0.25, 0.3) is 5.69 Å². The number of rotatable bonds is 8. The van der Waals surface area contributed by atoms with Gasteiger partial charge in [-0.25, -0.2) is 0 Å². The SMILES string of the molecule is COCC(=O)Nc1ccc(N2C(=S)N[C@H](c3ccccn3)[C@H]2c2cc(C)n(-c3ccc(N(C)C)cc3)c2C)cc1Cl. The highest BCUT2D eigenvalue weighted by Crippen LogP contribution is 2.44. The van der Waals surface area contributed by atoms with Gasteiger partial charge in [0.2, 0.25) is 5.91 Å². The van der Waals surface area contributed by atoms with Crippen molar-refractivity contribution in [1.29, 1.82) is 0 Å². The molecule has 0 aliphatic carbocycles. The fourth-order valence-electron chi connectivity index (χ4n) is 5.41. The normalized spacial score (nSPS) is 16.5. The molecule has 0 spiro atoms. The topological polar surface area (TPSA) is 74.7 Å². The molecule has 2 N–H and O–H groups in total. The molecule has 8 nitrogen and oxygen atoms in total. The fraction of sp³-hybridized carbons (Fsp3) is 0.258. The van der Waals surface area contributed by atoms with Gasteiger partial charge < -0.3 is 29.7 Å². The van der Waals surface area contributed by atoms with Gasteiger partial charge in [-0.15, -0.1) is 0 Å². The molecule has 212 valence electrons. The first kappa shape index (κ1) is 28.6. The van der Waals surface area contributed by atoms with Gasteiger partial charge in [0.25, 0.3) is 0 Å². The second-order valence-electron chi connectivity index (χ2n) is 10.2. The summed E-state index contributed by atoms with van der Waals surface area (Å²) in [4.78, 5) is 20.9. The molecule has 0 bridgehead atoms. The summed E-state index contributed by atoms with van der Waals surface area (Å²) in [7, 11) is 5.54. The van der Waals surface area contributed by atoms with Crippen LogP contribution in [0.2, 0.25) is 5.02 Å². The average Bonchev–Trinajstić information content (AvgIpc) is 3.45. The van der Waals surface area contributed by atoms with Crippen molar-refractivity contribution in [3.63, 3.8) is 0 Å². The van der Waals surface area contributed by atoms with Gasteiger partial charge in [-0.05, 0) is 92.3 Å². The number of methoxy groups -OCH3 is 1. The Hall–Kier alpha value is -3.92. The standard InChI is InChI=1S/C31H33ClN6O2S/c1-19-16-24(20(2)37(19)22-11-9-21(10-12-22)36(3)4)30-29(27-8-6-7-15-33-27)35-31(41)38(30)23-13-14-26(25(32)17-23)34-28(39)18-40-5/h6-17,29-30H,18H2,1-5H3,(H,34,39)(H,35,41)/t29-,30-/m1/s1. The number of anilines is 3. The van der Waals surface area contributed by atoms with Gasteiger partial charge in [0.05, 0.1) is 28.5 Å². The Morgan fingerprint density at radius 2 is 1.83 bits per heavy atom. The van der Waals surface area contributed by atoms with Crippen LogP contribution in [0.4, 0.5) is 17.1 Å². The van der Waals surface area contributed by atoms with Crippen molar-refractivity contribution in [2.45, 2.75) is 25.9 Å². The number of hydrogen-bond donors (Lipinski definition) is 2. The lowest BCUT2D eigenvalue weighted by molar-refractivity contribution is -0.119. The van der Waals surface area contributed by atoms with E-state index in [-0.39, 0.29) is 24.6 Å². The zero-order valence-corrected chi connectivity index (χ0v) is 25.3. The van der Waals surface area contributed by atoms with E-state index in [2.05, 4.69) is 74.2 Å². The molecule has 0 unspecified atom stereocenters. The van der Waals surface area contributed by atoms with Crippen LogP contribution in [0.15, 0.2) is 72.9 Å². The molecule has 1 aliphatic heterocycles. The van der Waals surface area contributed by atoms with Crippen LogP contribution in [0.5, 0.6) is 0 Å². The Morgan fingerprint density at radius 1 is 1.10 bits per heavy atom. The van der Waals surface area contributed by atoms with Crippen molar-refractivity contribution in [2.75, 3.05) is 42.9 Å². The Labute approximate surface area is 250 Å². The van der Waals surface area contributed by atoms with Crippen LogP contribution in [-0.4, -0.2) is 48.4 Å². The number of thiocarbonyl (C=S) groups is 1. The van der Waals surface area contributed by atoms with Gasteiger partial charge in [-0.1, -0.05) is 17.7 Å². The smallest absolute Gasteiger partial charge is 0.250 e. The predicted octanol–water partition coefficient (Wildman–Crippen LogP) is 5.97. The van der Waals surface area contributed by atoms with Gasteiger partial charge in [-0.3, -0.25) is 9.78 Å². The minimum Gasteiger partial charge on any atom is -0.378 e. The molecule has 2 aromatic heterocycles. The quantitative estimate of drug-likeness (QED) is 0.246. The molecule has 1 amide bonds. The fourth-order valence-corrected chi connectivity index (χ4v) is 5.97. The monoisotopic (exact) mass is 588 g/mol.